The van der Waals surface area contributed by atoms with Crippen LogP contribution in [-0.2, 0) is 0 Å². The van der Waals surface area contributed by atoms with Gasteiger partial charge in [0.15, 0.2) is 0 Å². The van der Waals surface area contributed by atoms with Crippen LogP contribution in [0.1, 0.15) is 0 Å². The third kappa shape index (κ3) is 6.59. The van der Waals surface area contributed by atoms with E-state index in [9.17, 15) is 0 Å². The van der Waals surface area contributed by atoms with Crippen molar-refractivity contribution in [2.24, 2.45) is 0 Å². The van der Waals surface area contributed by atoms with Gasteiger partial charge in [-0.05, 0) is 141 Å². The van der Waals surface area contributed by atoms with Crippen molar-refractivity contribution in [3.05, 3.63) is 249 Å². The molecule has 12 aromatic carbocycles. The second kappa shape index (κ2) is 15.3. The normalized spacial score (nSPS) is 11.5. The van der Waals surface area contributed by atoms with Crippen molar-refractivity contribution in [2.45, 2.75) is 0 Å². The molecule has 0 radical (unpaired) electrons. The number of benzene rings is 12. The summed E-state index contributed by atoms with van der Waals surface area (Å²) < 4.78 is 0. The summed E-state index contributed by atoms with van der Waals surface area (Å²) in [6.07, 6.45) is 0. The molecule has 12 aromatic rings. The van der Waals surface area contributed by atoms with E-state index in [0.29, 0.717) is 0 Å². The number of fused-ring (bicyclic) bond motifs is 6. The predicted molar refractivity (Wildman–Crippen MR) is 270 cm³/mol. The van der Waals surface area contributed by atoms with E-state index in [-0.39, 0.29) is 0 Å². The van der Waals surface area contributed by atoms with Gasteiger partial charge < -0.3 is 4.90 Å². The topological polar surface area (TPSA) is 3.24 Å². The van der Waals surface area contributed by atoms with Gasteiger partial charge in [-0.3, -0.25) is 0 Å². The van der Waals surface area contributed by atoms with Crippen LogP contribution in [0.25, 0.3) is 98.4 Å². The summed E-state index contributed by atoms with van der Waals surface area (Å²) in [6, 6.07) is 91.4. The maximum atomic E-state index is 2.46. The Kier molecular flexibility index (Phi) is 8.90. The van der Waals surface area contributed by atoms with Gasteiger partial charge in [0.25, 0.3) is 0 Å². The predicted octanol–water partition coefficient (Wildman–Crippen LogP) is 17.6. The highest BCUT2D eigenvalue weighted by Crippen LogP contribution is 2.46. The smallest absolute Gasteiger partial charge is 0.0540 e. The summed E-state index contributed by atoms with van der Waals surface area (Å²) in [5, 5.41) is 12.4. The maximum Gasteiger partial charge on any atom is 0.0540 e. The molecule has 0 unspecified atom stereocenters. The average molecular weight is 800 g/mol. The molecule has 0 aliphatic carbocycles. The zero-order chi connectivity index (χ0) is 41.7. The first-order chi connectivity index (χ1) is 31.2. The van der Waals surface area contributed by atoms with Gasteiger partial charge in [-0.1, -0.05) is 200 Å². The lowest BCUT2D eigenvalue weighted by Gasteiger charge is -2.29. The maximum absolute atomic E-state index is 2.46. The van der Waals surface area contributed by atoms with E-state index in [2.05, 4.69) is 254 Å². The third-order valence-corrected chi connectivity index (χ3v) is 12.8. The molecule has 0 fully saturated rings. The van der Waals surface area contributed by atoms with Crippen molar-refractivity contribution < 1.29 is 0 Å². The molecule has 0 amide bonds. The molecule has 0 saturated heterocycles. The molecule has 0 bridgehead atoms. The zero-order valence-electron chi connectivity index (χ0n) is 34.6. The third-order valence-electron chi connectivity index (χ3n) is 12.8. The summed E-state index contributed by atoms with van der Waals surface area (Å²) in [6.45, 7) is 0. The van der Waals surface area contributed by atoms with Gasteiger partial charge in [-0.15, -0.1) is 0 Å². The molecule has 0 spiro atoms. The SMILES string of the molecule is c1cc(-c2ccc3ccccc3c2)cc(N(c2cccc(-c3cccc4ccccc34)c2)c2ccc(-c3ccc4c(ccc5ccccc54)c3)cc2-c2cccc3ccccc23)c1. The molecule has 294 valence electrons. The van der Waals surface area contributed by atoms with E-state index in [1.807, 2.05) is 0 Å². The van der Waals surface area contributed by atoms with Crippen LogP contribution < -0.4 is 4.90 Å². The van der Waals surface area contributed by atoms with Crippen LogP contribution in [0, 0.1) is 0 Å². The van der Waals surface area contributed by atoms with Crippen molar-refractivity contribution in [1.82, 2.24) is 0 Å². The van der Waals surface area contributed by atoms with Gasteiger partial charge in [-0.2, -0.15) is 0 Å². The van der Waals surface area contributed by atoms with E-state index < -0.39 is 0 Å². The summed E-state index contributed by atoms with van der Waals surface area (Å²) in [5.74, 6) is 0. The largest absolute Gasteiger partial charge is 0.310 e. The monoisotopic (exact) mass is 799 g/mol. The lowest BCUT2D eigenvalue weighted by atomic mass is 9.91. The first-order valence-corrected chi connectivity index (χ1v) is 21.7. The van der Waals surface area contributed by atoms with E-state index >= 15 is 0 Å². The van der Waals surface area contributed by atoms with Crippen molar-refractivity contribution in [3.63, 3.8) is 0 Å². The van der Waals surface area contributed by atoms with Gasteiger partial charge in [0.05, 0.1) is 5.69 Å². The highest BCUT2D eigenvalue weighted by Gasteiger charge is 2.21. The van der Waals surface area contributed by atoms with Crippen LogP contribution in [0.3, 0.4) is 0 Å². The highest BCUT2D eigenvalue weighted by molar-refractivity contribution is 6.09. The molecule has 0 saturated carbocycles. The van der Waals surface area contributed by atoms with Gasteiger partial charge in [0, 0.05) is 16.9 Å². The Labute approximate surface area is 367 Å². The van der Waals surface area contributed by atoms with Crippen molar-refractivity contribution in [2.75, 3.05) is 4.90 Å². The molecular weight excluding hydrogens is 759 g/mol. The fraction of sp³-hybridized carbons (Fsp3) is 0. The van der Waals surface area contributed by atoms with E-state index in [1.165, 1.54) is 92.8 Å². The van der Waals surface area contributed by atoms with Gasteiger partial charge in [0.2, 0.25) is 0 Å². The summed E-state index contributed by atoms with van der Waals surface area (Å²) >= 11 is 0. The van der Waals surface area contributed by atoms with E-state index in [4.69, 9.17) is 0 Å². The minimum absolute atomic E-state index is 1.09. The summed E-state index contributed by atoms with van der Waals surface area (Å²) in [7, 11) is 0. The minimum Gasteiger partial charge on any atom is -0.310 e. The fourth-order valence-electron chi connectivity index (χ4n) is 9.69. The Morgan fingerprint density at radius 1 is 0.206 bits per heavy atom. The lowest BCUT2D eigenvalue weighted by molar-refractivity contribution is 1.28. The van der Waals surface area contributed by atoms with Gasteiger partial charge in [-0.25, -0.2) is 0 Å². The molecule has 1 nitrogen and oxygen atoms in total. The molecular formula is C62H41N. The lowest BCUT2D eigenvalue weighted by Crippen LogP contribution is -2.12. The van der Waals surface area contributed by atoms with Crippen molar-refractivity contribution in [3.8, 4) is 44.5 Å². The van der Waals surface area contributed by atoms with Gasteiger partial charge in [0.1, 0.15) is 0 Å². The molecule has 0 atom stereocenters. The Hall–Kier alpha value is -8.26. The molecule has 1 heteroatoms. The van der Waals surface area contributed by atoms with E-state index in [0.717, 1.165) is 22.6 Å². The Morgan fingerprint density at radius 3 is 1.40 bits per heavy atom. The van der Waals surface area contributed by atoms with Crippen LogP contribution in [-0.4, -0.2) is 0 Å². The van der Waals surface area contributed by atoms with Crippen LogP contribution in [0.4, 0.5) is 17.1 Å². The molecule has 63 heavy (non-hydrogen) atoms. The quantitative estimate of drug-likeness (QED) is 0.145. The average Bonchev–Trinajstić information content (AvgIpc) is 3.36. The fourth-order valence-corrected chi connectivity index (χ4v) is 9.69. The summed E-state index contributed by atoms with van der Waals surface area (Å²) in [4.78, 5) is 2.46. The molecule has 0 N–H and O–H groups in total. The number of hydrogen-bond donors (Lipinski definition) is 0. The second-order valence-corrected chi connectivity index (χ2v) is 16.5. The highest BCUT2D eigenvalue weighted by atomic mass is 15.1. The molecule has 12 rings (SSSR count). The molecule has 0 aliphatic heterocycles. The molecule has 0 aromatic heterocycles. The first-order valence-electron chi connectivity index (χ1n) is 21.7. The Balaban J connectivity index is 1.09. The van der Waals surface area contributed by atoms with Crippen molar-refractivity contribution >= 4 is 70.9 Å². The number of anilines is 3. The van der Waals surface area contributed by atoms with Crippen LogP contribution >= 0.6 is 0 Å². The van der Waals surface area contributed by atoms with E-state index in [1.54, 1.807) is 0 Å². The first kappa shape index (κ1) is 36.6. The zero-order valence-corrected chi connectivity index (χ0v) is 34.6. The minimum atomic E-state index is 1.09. The van der Waals surface area contributed by atoms with Crippen LogP contribution in [0.15, 0.2) is 249 Å². The molecule has 0 heterocycles. The molecule has 0 aliphatic rings. The van der Waals surface area contributed by atoms with Crippen LogP contribution in [0.2, 0.25) is 0 Å². The number of hydrogen-bond acceptors (Lipinski definition) is 1. The van der Waals surface area contributed by atoms with Crippen LogP contribution in [0.5, 0.6) is 0 Å². The summed E-state index contributed by atoms with van der Waals surface area (Å²) in [5.41, 5.74) is 12.7. The number of rotatable bonds is 7. The Morgan fingerprint density at radius 2 is 0.651 bits per heavy atom. The standard InChI is InChI=1S/C62H41N/c1-2-17-46-37-48(31-29-42(46)13-1)47-20-9-22-53(39-47)63(54-23-10-21-51(40-54)58-27-11-18-43-14-3-6-24-55(43)58)62-36-34-50(41-61(62)60-28-12-19-44-15-4-8-26-57(44)60)49-33-35-59-52(38-49)32-30-45-16-5-7-25-56(45)59/h1-41H. The van der Waals surface area contributed by atoms with Gasteiger partial charge >= 0.3 is 0 Å². The second-order valence-electron chi connectivity index (χ2n) is 16.5. The number of nitrogens with zero attached hydrogens (tertiary/aromatic N) is 1. The Bertz CT molecular complexity index is 3700. The van der Waals surface area contributed by atoms with Crippen molar-refractivity contribution in [1.29, 1.82) is 0 Å².